The quantitative estimate of drug-likeness (QED) is 0.143. The summed E-state index contributed by atoms with van der Waals surface area (Å²) in [6.45, 7) is 0. The molecule has 1 spiro atoms. The lowest BCUT2D eigenvalue weighted by Gasteiger charge is -2.36. The van der Waals surface area contributed by atoms with E-state index in [4.69, 9.17) is 0 Å². The number of rotatable bonds is 9. The predicted octanol–water partition coefficient (Wildman–Crippen LogP) is 18.0. The third-order valence-corrected chi connectivity index (χ3v) is 14.3. The molecule has 0 atom stereocenters. The summed E-state index contributed by atoms with van der Waals surface area (Å²) in [5.41, 5.74) is 23.6. The fraction of sp³-hybridized carbons (Fsp3) is 0.0149. The van der Waals surface area contributed by atoms with Crippen LogP contribution < -0.4 is 9.80 Å². The van der Waals surface area contributed by atoms with E-state index in [2.05, 4.69) is 289 Å². The van der Waals surface area contributed by atoms with Gasteiger partial charge in [0.05, 0.1) is 11.1 Å². The van der Waals surface area contributed by atoms with E-state index in [-0.39, 0.29) is 0 Å². The Balaban J connectivity index is 0.989. The molecule has 0 fully saturated rings. The van der Waals surface area contributed by atoms with Crippen molar-refractivity contribution >= 4 is 34.1 Å². The molecule has 2 nitrogen and oxygen atoms in total. The van der Waals surface area contributed by atoms with Crippen molar-refractivity contribution in [3.8, 4) is 55.6 Å². The van der Waals surface area contributed by atoms with Crippen LogP contribution in [0.4, 0.5) is 34.1 Å². The molecule has 0 N–H and O–H groups in total. The fourth-order valence-corrected chi connectivity index (χ4v) is 11.2. The first kappa shape index (κ1) is 40.3. The van der Waals surface area contributed by atoms with Gasteiger partial charge in [-0.15, -0.1) is 0 Å². The van der Waals surface area contributed by atoms with Crippen LogP contribution in [0.15, 0.2) is 279 Å². The van der Waals surface area contributed by atoms with Gasteiger partial charge >= 0.3 is 0 Å². The van der Waals surface area contributed by atoms with Gasteiger partial charge in [-0.3, -0.25) is 0 Å². The smallest absolute Gasteiger partial charge is 0.0746 e. The van der Waals surface area contributed by atoms with Crippen LogP contribution in [0, 0.1) is 0 Å². The highest BCUT2D eigenvalue weighted by molar-refractivity contribution is 6.00. The Bertz CT molecular complexity index is 3470. The average molecular weight is 879 g/mol. The van der Waals surface area contributed by atoms with E-state index in [1.54, 1.807) is 0 Å². The van der Waals surface area contributed by atoms with Crippen molar-refractivity contribution in [1.29, 1.82) is 0 Å². The van der Waals surface area contributed by atoms with Crippen LogP contribution in [0.5, 0.6) is 0 Å². The number of hydrogen-bond donors (Lipinski definition) is 0. The van der Waals surface area contributed by atoms with E-state index < -0.39 is 5.41 Å². The lowest BCUT2D eigenvalue weighted by molar-refractivity contribution is 0.793. The maximum absolute atomic E-state index is 2.49. The lowest BCUT2D eigenvalue weighted by atomic mass is 9.70. The molecule has 2 aliphatic rings. The highest BCUT2D eigenvalue weighted by Crippen LogP contribution is 2.65. The Morgan fingerprint density at radius 1 is 0.203 bits per heavy atom. The molecule has 0 bridgehead atoms. The van der Waals surface area contributed by atoms with Crippen molar-refractivity contribution in [2.75, 3.05) is 9.80 Å². The van der Waals surface area contributed by atoms with Crippen molar-refractivity contribution < 1.29 is 0 Å². The molecule has 0 saturated carbocycles. The zero-order valence-corrected chi connectivity index (χ0v) is 38.0. The van der Waals surface area contributed by atoms with Crippen LogP contribution in [0.3, 0.4) is 0 Å². The van der Waals surface area contributed by atoms with Crippen molar-refractivity contribution in [2.24, 2.45) is 0 Å². The molecule has 11 aromatic carbocycles. The standard InChI is InChI=1S/C67H46N2/c1-4-17-47(18-5-1)50-31-37-53(38-32-50)68(54-39-33-51(34-40-54)48-19-6-2-7-20-48)55-43-45-57(46-44-55)69(56-41-35-52(36-42-56)49-21-8-3-9-22-49)65-30-16-26-61-60-25-12-15-29-64(60)67(66(61)65)62-27-13-10-23-58(62)59-24-11-14-28-63(59)67/h1-46H. The summed E-state index contributed by atoms with van der Waals surface area (Å²) < 4.78 is 0. The fourth-order valence-electron chi connectivity index (χ4n) is 11.2. The maximum atomic E-state index is 2.49. The van der Waals surface area contributed by atoms with Gasteiger partial charge < -0.3 is 9.80 Å². The zero-order valence-electron chi connectivity index (χ0n) is 38.0. The minimum absolute atomic E-state index is 0.521. The summed E-state index contributed by atoms with van der Waals surface area (Å²) in [6, 6.07) is 102. The van der Waals surface area contributed by atoms with Gasteiger partial charge in [-0.25, -0.2) is 0 Å². The van der Waals surface area contributed by atoms with Gasteiger partial charge in [0.2, 0.25) is 0 Å². The second-order valence-electron chi connectivity index (χ2n) is 18.0. The lowest BCUT2D eigenvalue weighted by Crippen LogP contribution is -2.28. The first-order valence-electron chi connectivity index (χ1n) is 23.8. The van der Waals surface area contributed by atoms with E-state index in [9.17, 15) is 0 Å². The van der Waals surface area contributed by atoms with Crippen molar-refractivity contribution in [1.82, 2.24) is 0 Å². The molecule has 0 radical (unpaired) electrons. The Morgan fingerprint density at radius 2 is 0.478 bits per heavy atom. The van der Waals surface area contributed by atoms with E-state index in [1.165, 1.54) is 77.9 Å². The van der Waals surface area contributed by atoms with Crippen LogP contribution in [0.2, 0.25) is 0 Å². The van der Waals surface area contributed by atoms with Gasteiger partial charge in [-0.1, -0.05) is 212 Å². The molecule has 2 aliphatic carbocycles. The van der Waals surface area contributed by atoms with Crippen LogP contribution in [-0.2, 0) is 5.41 Å². The SMILES string of the molecule is c1ccc(-c2ccc(N(c3ccc(-c4ccccc4)cc3)c3ccc(N(c4ccc(-c5ccccc5)cc4)c4cccc5c4C4(c6ccccc6-c6ccccc64)c4ccccc4-5)cc3)cc2)cc1. The summed E-state index contributed by atoms with van der Waals surface area (Å²) in [4.78, 5) is 4.85. The van der Waals surface area contributed by atoms with Crippen LogP contribution in [0.25, 0.3) is 55.6 Å². The van der Waals surface area contributed by atoms with E-state index in [1.807, 2.05) is 0 Å². The first-order valence-corrected chi connectivity index (χ1v) is 23.8. The number of anilines is 6. The van der Waals surface area contributed by atoms with Crippen molar-refractivity contribution in [3.63, 3.8) is 0 Å². The number of nitrogens with zero attached hydrogens (tertiary/aromatic N) is 2. The topological polar surface area (TPSA) is 6.48 Å². The Morgan fingerprint density at radius 3 is 0.855 bits per heavy atom. The van der Waals surface area contributed by atoms with E-state index in [0.29, 0.717) is 0 Å². The minimum atomic E-state index is -0.521. The average Bonchev–Trinajstić information content (AvgIpc) is 3.91. The van der Waals surface area contributed by atoms with Gasteiger partial charge in [0.1, 0.15) is 0 Å². The van der Waals surface area contributed by atoms with Gasteiger partial charge in [0, 0.05) is 34.0 Å². The van der Waals surface area contributed by atoms with Gasteiger partial charge in [0.25, 0.3) is 0 Å². The molecule has 11 aromatic rings. The highest BCUT2D eigenvalue weighted by atomic mass is 15.2. The maximum Gasteiger partial charge on any atom is 0.0746 e. The zero-order chi connectivity index (χ0) is 45.7. The Kier molecular flexibility index (Phi) is 9.77. The third-order valence-electron chi connectivity index (χ3n) is 14.3. The van der Waals surface area contributed by atoms with Crippen molar-refractivity contribution in [3.05, 3.63) is 301 Å². The molecule has 0 saturated heterocycles. The molecule has 69 heavy (non-hydrogen) atoms. The second kappa shape index (κ2) is 16.7. The summed E-state index contributed by atoms with van der Waals surface area (Å²) in [7, 11) is 0. The molecule has 0 aromatic heterocycles. The monoisotopic (exact) mass is 878 g/mol. The Labute approximate surface area is 404 Å². The molecule has 324 valence electrons. The van der Waals surface area contributed by atoms with Gasteiger partial charge in [-0.05, 0) is 139 Å². The van der Waals surface area contributed by atoms with E-state index >= 15 is 0 Å². The van der Waals surface area contributed by atoms with Gasteiger partial charge in [0.15, 0.2) is 0 Å². The molecule has 13 rings (SSSR count). The summed E-state index contributed by atoms with van der Waals surface area (Å²) in [6.07, 6.45) is 0. The Hall–Kier alpha value is -8.98. The predicted molar refractivity (Wildman–Crippen MR) is 288 cm³/mol. The largest absolute Gasteiger partial charge is 0.311 e. The molecule has 0 aliphatic heterocycles. The third kappa shape index (κ3) is 6.64. The van der Waals surface area contributed by atoms with Crippen molar-refractivity contribution in [2.45, 2.75) is 5.41 Å². The van der Waals surface area contributed by atoms with Gasteiger partial charge in [-0.2, -0.15) is 0 Å². The normalized spacial score (nSPS) is 12.5. The van der Waals surface area contributed by atoms with Crippen LogP contribution in [-0.4, -0.2) is 0 Å². The van der Waals surface area contributed by atoms with Crippen LogP contribution >= 0.6 is 0 Å². The number of hydrogen-bond acceptors (Lipinski definition) is 2. The summed E-state index contributed by atoms with van der Waals surface area (Å²) in [5, 5.41) is 0. The van der Waals surface area contributed by atoms with E-state index in [0.717, 1.165) is 34.1 Å². The molecule has 0 unspecified atom stereocenters. The first-order chi connectivity index (χ1) is 34.2. The molecule has 0 heterocycles. The number of fused-ring (bicyclic) bond motifs is 10. The molecule has 0 amide bonds. The highest BCUT2D eigenvalue weighted by Gasteiger charge is 2.53. The minimum Gasteiger partial charge on any atom is -0.311 e. The molecule has 2 heteroatoms. The summed E-state index contributed by atoms with van der Waals surface area (Å²) in [5.74, 6) is 0. The second-order valence-corrected chi connectivity index (χ2v) is 18.0. The molecular weight excluding hydrogens is 833 g/mol. The summed E-state index contributed by atoms with van der Waals surface area (Å²) >= 11 is 0. The van der Waals surface area contributed by atoms with Crippen LogP contribution in [0.1, 0.15) is 22.3 Å². The molecular formula is C67H46N2. The number of benzene rings is 11.